The van der Waals surface area contributed by atoms with Crippen LogP contribution in [0.1, 0.15) is 0 Å². The number of furan rings is 1. The molecule has 10 rings (SSSR count). The Hall–Kier alpha value is -5.70. The minimum atomic E-state index is 0.933. The summed E-state index contributed by atoms with van der Waals surface area (Å²) in [6.07, 6.45) is 1.95. The molecule has 0 saturated heterocycles. The molecule has 0 aliphatic carbocycles. The van der Waals surface area contributed by atoms with Crippen molar-refractivity contribution in [2.45, 2.75) is 0 Å². The molecule has 2 aromatic heterocycles. The quantitative estimate of drug-likeness (QED) is 0.183. The first-order valence-electron chi connectivity index (χ1n) is 15.7. The zero-order chi connectivity index (χ0) is 30.2. The van der Waals surface area contributed by atoms with Gasteiger partial charge >= 0.3 is 0 Å². The van der Waals surface area contributed by atoms with Gasteiger partial charge in [0.15, 0.2) is 0 Å². The molecule has 46 heavy (non-hydrogen) atoms. The van der Waals surface area contributed by atoms with Crippen molar-refractivity contribution in [3.8, 4) is 33.4 Å². The van der Waals surface area contributed by atoms with Gasteiger partial charge in [-0.1, -0.05) is 140 Å². The Kier molecular flexibility index (Phi) is 5.51. The van der Waals surface area contributed by atoms with Gasteiger partial charge in [0.25, 0.3) is 0 Å². The molecule has 214 valence electrons. The summed E-state index contributed by atoms with van der Waals surface area (Å²) in [5.41, 5.74) is 8.14. The lowest BCUT2D eigenvalue weighted by molar-refractivity contribution is 0.618. The van der Waals surface area contributed by atoms with Crippen LogP contribution in [0, 0.1) is 0 Å². The van der Waals surface area contributed by atoms with E-state index >= 15 is 0 Å². The SMILES string of the molecule is c1ccc(-c2coc3c(-c4c5ccccc5c(-c5cccc6ccccc56)c5ccccc45)c4c(cc23)sc2ccccc24)cc1. The van der Waals surface area contributed by atoms with E-state index in [2.05, 4.69) is 152 Å². The Morgan fingerprint density at radius 1 is 0.391 bits per heavy atom. The number of rotatable bonds is 3. The molecule has 0 atom stereocenters. The van der Waals surface area contributed by atoms with E-state index in [0.717, 1.165) is 22.1 Å². The van der Waals surface area contributed by atoms with Gasteiger partial charge in [-0.05, 0) is 61.1 Å². The number of hydrogen-bond donors (Lipinski definition) is 0. The molecule has 0 fully saturated rings. The predicted octanol–water partition coefficient (Wildman–Crippen LogP) is 13.3. The molecule has 2 heteroatoms. The molecule has 0 bridgehead atoms. The second-order valence-corrected chi connectivity index (χ2v) is 13.1. The smallest absolute Gasteiger partial charge is 0.143 e. The summed E-state index contributed by atoms with van der Waals surface area (Å²) in [7, 11) is 0. The van der Waals surface area contributed by atoms with E-state index in [4.69, 9.17) is 4.42 Å². The van der Waals surface area contributed by atoms with Crippen LogP contribution < -0.4 is 0 Å². The fourth-order valence-electron chi connectivity index (χ4n) is 7.58. The lowest BCUT2D eigenvalue weighted by atomic mass is 9.83. The standard InChI is InChI=1S/C44H26OS/c1-2-13-28(14-3-1)37-26-45-44-36(37)25-39-42(35-22-10-11-24-38(35)46-39)43(44)41-33-20-8-6-18-31(33)40(32-19-7-9-21-34(32)41)30-23-12-16-27-15-4-5-17-29(27)30/h1-26H. The maximum absolute atomic E-state index is 6.69. The summed E-state index contributed by atoms with van der Waals surface area (Å²) in [6, 6.07) is 55.0. The van der Waals surface area contributed by atoms with Crippen LogP contribution in [0.2, 0.25) is 0 Å². The molecule has 0 aliphatic rings. The van der Waals surface area contributed by atoms with E-state index in [-0.39, 0.29) is 0 Å². The van der Waals surface area contributed by atoms with Crippen molar-refractivity contribution in [2.75, 3.05) is 0 Å². The molecule has 2 heterocycles. The van der Waals surface area contributed by atoms with Crippen molar-refractivity contribution in [1.82, 2.24) is 0 Å². The summed E-state index contributed by atoms with van der Waals surface area (Å²) in [6.45, 7) is 0. The first-order valence-corrected chi connectivity index (χ1v) is 16.5. The van der Waals surface area contributed by atoms with Gasteiger partial charge in [0.2, 0.25) is 0 Å². The van der Waals surface area contributed by atoms with E-state index in [0.29, 0.717) is 0 Å². The molecule has 0 aliphatic heterocycles. The minimum Gasteiger partial charge on any atom is -0.463 e. The fourth-order valence-corrected chi connectivity index (χ4v) is 8.74. The Morgan fingerprint density at radius 2 is 0.978 bits per heavy atom. The Bertz CT molecular complexity index is 2740. The summed E-state index contributed by atoms with van der Waals surface area (Å²) >= 11 is 1.86. The van der Waals surface area contributed by atoms with Crippen LogP contribution >= 0.6 is 11.3 Å². The van der Waals surface area contributed by atoms with Crippen molar-refractivity contribution < 1.29 is 4.42 Å². The highest BCUT2D eigenvalue weighted by atomic mass is 32.1. The number of benzene rings is 8. The van der Waals surface area contributed by atoms with E-state index < -0.39 is 0 Å². The summed E-state index contributed by atoms with van der Waals surface area (Å²) in [5, 5.41) is 11.1. The summed E-state index contributed by atoms with van der Waals surface area (Å²) < 4.78 is 9.25. The Labute approximate surface area is 269 Å². The van der Waals surface area contributed by atoms with Crippen LogP contribution in [0.3, 0.4) is 0 Å². The van der Waals surface area contributed by atoms with Crippen molar-refractivity contribution in [3.63, 3.8) is 0 Å². The zero-order valence-electron chi connectivity index (χ0n) is 24.8. The Balaban J connectivity index is 1.43. The first-order chi connectivity index (χ1) is 22.8. The molecular formula is C44H26OS. The average Bonchev–Trinajstić information content (AvgIpc) is 3.71. The summed E-state index contributed by atoms with van der Waals surface area (Å²) in [4.78, 5) is 0. The highest BCUT2D eigenvalue weighted by molar-refractivity contribution is 7.26. The van der Waals surface area contributed by atoms with Crippen LogP contribution in [-0.2, 0) is 0 Å². The molecule has 8 aromatic carbocycles. The number of fused-ring (bicyclic) bond motifs is 7. The molecule has 0 radical (unpaired) electrons. The third kappa shape index (κ3) is 3.62. The molecule has 0 unspecified atom stereocenters. The normalized spacial score (nSPS) is 11.9. The fraction of sp³-hybridized carbons (Fsp3) is 0. The maximum atomic E-state index is 6.69. The van der Waals surface area contributed by atoms with Crippen molar-refractivity contribution in [2.24, 2.45) is 0 Å². The summed E-state index contributed by atoms with van der Waals surface area (Å²) in [5.74, 6) is 0. The third-order valence-corrected chi connectivity index (χ3v) is 10.6. The van der Waals surface area contributed by atoms with Gasteiger partial charge in [-0.15, -0.1) is 11.3 Å². The molecule has 1 nitrogen and oxygen atoms in total. The molecule has 0 amide bonds. The van der Waals surface area contributed by atoms with Crippen LogP contribution in [0.25, 0.3) is 96.8 Å². The zero-order valence-corrected chi connectivity index (χ0v) is 25.6. The van der Waals surface area contributed by atoms with E-state index in [1.807, 2.05) is 17.6 Å². The van der Waals surface area contributed by atoms with Crippen molar-refractivity contribution in [3.05, 3.63) is 158 Å². The van der Waals surface area contributed by atoms with Gasteiger partial charge in [0.1, 0.15) is 5.58 Å². The molecule has 0 N–H and O–H groups in total. The van der Waals surface area contributed by atoms with Crippen LogP contribution in [-0.4, -0.2) is 0 Å². The van der Waals surface area contributed by atoms with E-state index in [9.17, 15) is 0 Å². The lowest BCUT2D eigenvalue weighted by Crippen LogP contribution is -1.92. The topological polar surface area (TPSA) is 13.1 Å². The first kappa shape index (κ1) is 25.6. The van der Waals surface area contributed by atoms with Crippen molar-refractivity contribution >= 4 is 74.8 Å². The molecule has 10 aromatic rings. The third-order valence-electron chi connectivity index (χ3n) is 9.53. The minimum absolute atomic E-state index is 0.933. The van der Waals surface area contributed by atoms with Crippen LogP contribution in [0.4, 0.5) is 0 Å². The lowest BCUT2D eigenvalue weighted by Gasteiger charge is -2.19. The number of thiophene rings is 1. The number of hydrogen-bond acceptors (Lipinski definition) is 2. The van der Waals surface area contributed by atoms with Gasteiger partial charge in [0, 0.05) is 42.2 Å². The largest absolute Gasteiger partial charge is 0.463 e. The van der Waals surface area contributed by atoms with Gasteiger partial charge in [0.05, 0.1) is 6.26 Å². The van der Waals surface area contributed by atoms with Gasteiger partial charge < -0.3 is 4.42 Å². The van der Waals surface area contributed by atoms with Crippen LogP contribution in [0.5, 0.6) is 0 Å². The Morgan fingerprint density at radius 3 is 1.72 bits per heavy atom. The van der Waals surface area contributed by atoms with Gasteiger partial charge in [-0.3, -0.25) is 0 Å². The molecular weight excluding hydrogens is 577 g/mol. The molecule has 0 spiro atoms. The highest BCUT2D eigenvalue weighted by Gasteiger charge is 2.25. The monoisotopic (exact) mass is 602 g/mol. The van der Waals surface area contributed by atoms with E-state index in [1.165, 1.54) is 74.7 Å². The average molecular weight is 603 g/mol. The molecule has 0 saturated carbocycles. The second-order valence-electron chi connectivity index (χ2n) is 12.0. The van der Waals surface area contributed by atoms with Gasteiger partial charge in [-0.2, -0.15) is 0 Å². The van der Waals surface area contributed by atoms with Gasteiger partial charge in [-0.25, -0.2) is 0 Å². The van der Waals surface area contributed by atoms with Crippen LogP contribution in [0.15, 0.2) is 162 Å². The van der Waals surface area contributed by atoms with Crippen molar-refractivity contribution in [1.29, 1.82) is 0 Å². The van der Waals surface area contributed by atoms with E-state index in [1.54, 1.807) is 0 Å². The predicted molar refractivity (Wildman–Crippen MR) is 198 cm³/mol. The highest BCUT2D eigenvalue weighted by Crippen LogP contribution is 2.52. The maximum Gasteiger partial charge on any atom is 0.143 e. The second kappa shape index (κ2) is 9.90.